The van der Waals surface area contributed by atoms with Gasteiger partial charge in [0.15, 0.2) is 5.70 Å². The topological polar surface area (TPSA) is 129 Å². The molecule has 0 atom stereocenters. The van der Waals surface area contributed by atoms with Crippen LogP contribution in [-0.2, 0) is 19.3 Å². The van der Waals surface area contributed by atoms with Crippen LogP contribution in [0.5, 0.6) is 0 Å². The van der Waals surface area contributed by atoms with Gasteiger partial charge in [-0.25, -0.2) is 9.59 Å². The summed E-state index contributed by atoms with van der Waals surface area (Å²) in [7, 11) is 0. The van der Waals surface area contributed by atoms with E-state index in [1.807, 2.05) is 0 Å². The first kappa shape index (κ1) is 10.3. The van der Waals surface area contributed by atoms with Crippen LogP contribution in [0.2, 0.25) is 0 Å². The second-order valence-electron chi connectivity index (χ2n) is 2.35. The van der Waals surface area contributed by atoms with Gasteiger partial charge in [0.25, 0.3) is 0 Å². The summed E-state index contributed by atoms with van der Waals surface area (Å²) >= 11 is 0. The number of carbonyl (C=O) groups excluding carboxylic acids is 2. The van der Waals surface area contributed by atoms with Crippen LogP contribution < -0.4 is 5.73 Å². The van der Waals surface area contributed by atoms with E-state index in [0.717, 1.165) is 0 Å². The lowest BCUT2D eigenvalue weighted by Gasteiger charge is -2.23. The molecule has 1 rings (SSSR count). The fourth-order valence-corrected chi connectivity index (χ4v) is 0.730. The second-order valence-corrected chi connectivity index (χ2v) is 2.35. The van der Waals surface area contributed by atoms with Crippen LogP contribution in [0.3, 0.4) is 0 Å². The maximum absolute atomic E-state index is 10.8. The Bertz CT molecular complexity index is 411. The van der Waals surface area contributed by atoms with Gasteiger partial charge in [0.05, 0.1) is 0 Å². The van der Waals surface area contributed by atoms with E-state index in [0.29, 0.717) is 0 Å². The molecular weight excluding hydrogens is 204 g/mol. The minimum atomic E-state index is -0.898. The predicted molar refractivity (Wildman–Crippen MR) is 41.1 cm³/mol. The zero-order chi connectivity index (χ0) is 11.4. The van der Waals surface area contributed by atoms with Crippen molar-refractivity contribution < 1.29 is 19.3 Å². The normalized spacial score (nSPS) is 16.8. The Labute approximate surface area is 83.6 Å². The summed E-state index contributed by atoms with van der Waals surface area (Å²) in [6, 6.07) is 2.92. The predicted octanol–water partition coefficient (Wildman–Crippen LogP) is -1.17. The molecule has 1 saturated heterocycles. The molecule has 1 heterocycles. The summed E-state index contributed by atoms with van der Waals surface area (Å²) in [6.07, 6.45) is -0.554. The third kappa shape index (κ3) is 2.14. The summed E-state index contributed by atoms with van der Waals surface area (Å²) in [5.74, 6) is -1.80. The van der Waals surface area contributed by atoms with E-state index in [1.165, 1.54) is 12.1 Å². The molecule has 2 N–H and O–H groups in total. The maximum Gasteiger partial charge on any atom is 0.347 e. The van der Waals surface area contributed by atoms with Crippen molar-refractivity contribution in [3.05, 3.63) is 11.4 Å². The lowest BCUT2D eigenvalue weighted by atomic mass is 10.4. The summed E-state index contributed by atoms with van der Waals surface area (Å²) in [5, 5.41) is 17.2. The van der Waals surface area contributed by atoms with Gasteiger partial charge in [-0.1, -0.05) is 0 Å². The van der Waals surface area contributed by atoms with Crippen LogP contribution in [0, 0.1) is 22.7 Å². The molecule has 1 aliphatic rings. The van der Waals surface area contributed by atoms with E-state index in [9.17, 15) is 9.59 Å². The molecule has 0 saturated carbocycles. The van der Waals surface area contributed by atoms with Gasteiger partial charge in [0.2, 0.25) is 5.70 Å². The molecule has 0 aromatic rings. The van der Waals surface area contributed by atoms with Crippen LogP contribution in [0.15, 0.2) is 11.4 Å². The Balaban J connectivity index is 2.98. The number of hydrogen-bond acceptors (Lipinski definition) is 8. The van der Waals surface area contributed by atoms with Gasteiger partial charge in [-0.05, 0) is 5.23 Å². The summed E-state index contributed by atoms with van der Waals surface area (Å²) < 4.78 is 0. The standard InChI is InChI=1S/C7H4N4O4/c8-2-4(10)5(3-9)11-14-6(12)1-7(13)15-11/h1,10H2/b5-4-. The zero-order valence-corrected chi connectivity index (χ0v) is 7.26. The molecule has 0 aromatic heterocycles. The minimum absolute atomic E-state index is 0.229. The van der Waals surface area contributed by atoms with Crippen molar-refractivity contribution in [2.45, 2.75) is 6.42 Å². The molecule has 15 heavy (non-hydrogen) atoms. The van der Waals surface area contributed by atoms with Crippen LogP contribution >= 0.6 is 0 Å². The smallest absolute Gasteiger partial charge is 0.347 e. The summed E-state index contributed by atoms with van der Waals surface area (Å²) in [5.41, 5.74) is 4.04. The third-order valence-electron chi connectivity index (χ3n) is 1.32. The highest BCUT2D eigenvalue weighted by atomic mass is 17.0. The van der Waals surface area contributed by atoms with E-state index in [-0.39, 0.29) is 5.23 Å². The van der Waals surface area contributed by atoms with Crippen molar-refractivity contribution in [2.24, 2.45) is 5.73 Å². The number of hydrogen-bond donors (Lipinski definition) is 1. The molecule has 0 amide bonds. The minimum Gasteiger partial charge on any atom is -0.388 e. The molecule has 1 aliphatic heterocycles. The Hall–Kier alpha value is -2.74. The van der Waals surface area contributed by atoms with Crippen LogP contribution in [0.1, 0.15) is 6.42 Å². The molecule has 0 radical (unpaired) electrons. The van der Waals surface area contributed by atoms with E-state index < -0.39 is 29.8 Å². The first-order valence-corrected chi connectivity index (χ1v) is 3.60. The van der Waals surface area contributed by atoms with Gasteiger partial charge in [-0.2, -0.15) is 10.5 Å². The van der Waals surface area contributed by atoms with Crippen molar-refractivity contribution in [1.29, 1.82) is 10.5 Å². The SMILES string of the molecule is N#C/C(N)=C(\C#N)N1OC(=O)CC(=O)O1. The largest absolute Gasteiger partial charge is 0.388 e. The highest BCUT2D eigenvalue weighted by molar-refractivity contribution is 5.92. The average Bonchev–Trinajstić information content (AvgIpc) is 2.17. The fraction of sp³-hybridized carbons (Fsp3) is 0.143. The summed E-state index contributed by atoms with van der Waals surface area (Å²) in [6.45, 7) is 0. The Kier molecular flexibility index (Phi) is 2.74. The second kappa shape index (κ2) is 3.98. The lowest BCUT2D eigenvalue weighted by molar-refractivity contribution is -0.315. The first-order valence-electron chi connectivity index (χ1n) is 3.60. The molecule has 0 bridgehead atoms. The van der Waals surface area contributed by atoms with Crippen LogP contribution in [-0.4, -0.2) is 17.2 Å². The first-order chi connectivity index (χ1) is 7.08. The zero-order valence-electron chi connectivity index (χ0n) is 7.26. The highest BCUT2D eigenvalue weighted by Crippen LogP contribution is 2.14. The monoisotopic (exact) mass is 208 g/mol. The van der Waals surface area contributed by atoms with Crippen molar-refractivity contribution >= 4 is 11.9 Å². The van der Waals surface area contributed by atoms with Gasteiger partial charge >= 0.3 is 11.9 Å². The molecule has 0 unspecified atom stereocenters. The number of allylic oxidation sites excluding steroid dienone is 2. The van der Waals surface area contributed by atoms with Crippen LogP contribution in [0.4, 0.5) is 0 Å². The van der Waals surface area contributed by atoms with Gasteiger partial charge in [0.1, 0.15) is 18.6 Å². The summed E-state index contributed by atoms with van der Waals surface area (Å²) in [4.78, 5) is 30.3. The molecule has 0 spiro atoms. The number of carbonyl (C=O) groups is 2. The van der Waals surface area contributed by atoms with Crippen molar-refractivity contribution in [3.63, 3.8) is 0 Å². The van der Waals surface area contributed by atoms with E-state index in [4.69, 9.17) is 16.3 Å². The fourth-order valence-electron chi connectivity index (χ4n) is 0.730. The van der Waals surface area contributed by atoms with E-state index in [2.05, 4.69) is 9.68 Å². The molecule has 8 nitrogen and oxygen atoms in total. The molecule has 0 aromatic carbocycles. The Morgan fingerprint density at radius 2 is 1.80 bits per heavy atom. The van der Waals surface area contributed by atoms with Gasteiger partial charge < -0.3 is 15.4 Å². The molecule has 8 heteroatoms. The molecule has 0 aliphatic carbocycles. The molecule has 1 fully saturated rings. The van der Waals surface area contributed by atoms with E-state index >= 15 is 0 Å². The van der Waals surface area contributed by atoms with Crippen LogP contribution in [0.25, 0.3) is 0 Å². The van der Waals surface area contributed by atoms with Crippen molar-refractivity contribution in [2.75, 3.05) is 0 Å². The van der Waals surface area contributed by atoms with Crippen molar-refractivity contribution in [1.82, 2.24) is 5.23 Å². The Morgan fingerprint density at radius 3 is 2.20 bits per heavy atom. The third-order valence-corrected chi connectivity index (χ3v) is 1.32. The highest BCUT2D eigenvalue weighted by Gasteiger charge is 2.30. The van der Waals surface area contributed by atoms with E-state index in [1.54, 1.807) is 0 Å². The maximum atomic E-state index is 10.8. The lowest BCUT2D eigenvalue weighted by Crippen LogP contribution is -2.37. The van der Waals surface area contributed by atoms with Crippen molar-refractivity contribution in [3.8, 4) is 12.1 Å². The van der Waals surface area contributed by atoms with Gasteiger partial charge in [-0.3, -0.25) is 0 Å². The number of rotatable bonds is 1. The Morgan fingerprint density at radius 1 is 1.27 bits per heavy atom. The average molecular weight is 208 g/mol. The molecular formula is C7H4N4O4. The van der Waals surface area contributed by atoms with Gasteiger partial charge in [-0.15, -0.1) is 0 Å². The number of nitrogens with zero attached hydrogens (tertiary/aromatic N) is 3. The quantitative estimate of drug-likeness (QED) is 0.421. The molecule has 76 valence electrons. The number of nitriles is 2. The number of hydroxylamine groups is 2. The van der Waals surface area contributed by atoms with Gasteiger partial charge in [0, 0.05) is 0 Å². The number of nitrogens with two attached hydrogens (primary N) is 1.